The summed E-state index contributed by atoms with van der Waals surface area (Å²) in [6, 6.07) is 5.89. The number of fused-ring (bicyclic) bond motifs is 1. The number of hydrogen-bond acceptors (Lipinski definition) is 6. The summed E-state index contributed by atoms with van der Waals surface area (Å²) in [5.41, 5.74) is 1.03. The number of carbonyl (C=O) groups is 1. The fraction of sp³-hybridized carbons (Fsp3) is 0.0769. The number of rotatable bonds is 4. The molecule has 0 aliphatic heterocycles. The molecule has 2 aromatic heterocycles. The van der Waals surface area contributed by atoms with Gasteiger partial charge in [0.05, 0.1) is 18.1 Å². The van der Waals surface area contributed by atoms with Crippen LogP contribution in [0.15, 0.2) is 41.6 Å². The molecule has 0 atom stereocenters. The van der Waals surface area contributed by atoms with Crippen molar-refractivity contribution < 1.29 is 22.1 Å². The van der Waals surface area contributed by atoms with Crippen LogP contribution in [-0.4, -0.2) is 36.6 Å². The van der Waals surface area contributed by atoms with E-state index in [9.17, 15) is 13.2 Å². The van der Waals surface area contributed by atoms with Crippen LogP contribution in [0.2, 0.25) is 0 Å². The molecule has 23 heavy (non-hydrogen) atoms. The number of amides is 1. The minimum atomic E-state index is -3.91. The smallest absolute Gasteiger partial charge is 0.413 e. The molecule has 0 fully saturated rings. The Morgan fingerprint density at radius 1 is 1.30 bits per heavy atom. The second kappa shape index (κ2) is 5.65. The number of imidazole rings is 1. The molecule has 2 heterocycles. The first-order valence-electron chi connectivity index (χ1n) is 6.40. The van der Waals surface area contributed by atoms with Crippen molar-refractivity contribution in [2.75, 3.05) is 12.4 Å². The van der Waals surface area contributed by atoms with Crippen LogP contribution in [0.4, 0.5) is 10.7 Å². The van der Waals surface area contributed by atoms with E-state index in [2.05, 4.69) is 25.0 Å². The maximum atomic E-state index is 12.0. The Balaban J connectivity index is 1.87. The highest BCUT2D eigenvalue weighted by atomic mass is 32.2. The second-order valence-corrected chi connectivity index (χ2v) is 6.01. The summed E-state index contributed by atoms with van der Waals surface area (Å²) in [4.78, 5) is 20.7. The van der Waals surface area contributed by atoms with Crippen molar-refractivity contribution in [1.29, 1.82) is 0 Å². The van der Waals surface area contributed by atoms with Gasteiger partial charge in [0.1, 0.15) is 10.6 Å². The summed E-state index contributed by atoms with van der Waals surface area (Å²) in [5.74, 6) is 0.296. The third kappa shape index (κ3) is 3.11. The molecule has 1 aromatic carbocycles. The molecule has 0 saturated heterocycles. The molecular formula is C13H12N4O5S. The van der Waals surface area contributed by atoms with Gasteiger partial charge in [-0.1, -0.05) is 0 Å². The lowest BCUT2D eigenvalue weighted by atomic mass is 10.3. The minimum absolute atomic E-state index is 0.0234. The van der Waals surface area contributed by atoms with Crippen molar-refractivity contribution in [1.82, 2.24) is 15.0 Å². The maximum absolute atomic E-state index is 12.0. The van der Waals surface area contributed by atoms with Gasteiger partial charge in [-0.2, -0.15) is 8.42 Å². The monoisotopic (exact) mass is 336 g/mol. The molecule has 0 aliphatic rings. The van der Waals surface area contributed by atoms with Gasteiger partial charge in [0.25, 0.3) is 0 Å². The molecule has 3 aromatic rings. The molecule has 0 bridgehead atoms. The number of hydrogen-bond donors (Lipinski definition) is 3. The highest BCUT2D eigenvalue weighted by Gasteiger charge is 2.17. The Morgan fingerprint density at radius 3 is 2.83 bits per heavy atom. The van der Waals surface area contributed by atoms with Crippen LogP contribution in [-0.2, 0) is 14.9 Å². The zero-order valence-electron chi connectivity index (χ0n) is 11.9. The van der Waals surface area contributed by atoms with E-state index in [4.69, 9.17) is 4.18 Å². The van der Waals surface area contributed by atoms with E-state index in [0.29, 0.717) is 11.0 Å². The summed E-state index contributed by atoms with van der Waals surface area (Å²) in [7, 11) is -2.68. The number of benzene rings is 1. The Labute approximate surface area is 130 Å². The third-order valence-corrected chi connectivity index (χ3v) is 4.17. The number of H-pyrrole nitrogens is 2. The van der Waals surface area contributed by atoms with Gasteiger partial charge in [-0.15, -0.1) is 0 Å². The van der Waals surface area contributed by atoms with Crippen molar-refractivity contribution in [3.05, 3.63) is 36.7 Å². The summed E-state index contributed by atoms with van der Waals surface area (Å²) in [5, 5.41) is 2.38. The normalized spacial score (nSPS) is 11.3. The van der Waals surface area contributed by atoms with Crippen LogP contribution in [0.25, 0.3) is 11.0 Å². The molecule has 1 amide bonds. The van der Waals surface area contributed by atoms with Crippen molar-refractivity contribution in [2.45, 2.75) is 4.90 Å². The van der Waals surface area contributed by atoms with Gasteiger partial charge in [-0.25, -0.2) is 9.78 Å². The van der Waals surface area contributed by atoms with Crippen LogP contribution in [0, 0.1) is 0 Å². The van der Waals surface area contributed by atoms with Crippen molar-refractivity contribution in [3.63, 3.8) is 0 Å². The van der Waals surface area contributed by atoms with Gasteiger partial charge in [0.15, 0.2) is 0 Å². The Morgan fingerprint density at radius 2 is 2.13 bits per heavy atom. The number of aromatic amines is 2. The molecule has 0 radical (unpaired) electrons. The van der Waals surface area contributed by atoms with Gasteiger partial charge in [0.2, 0.25) is 5.95 Å². The molecule has 120 valence electrons. The quantitative estimate of drug-likeness (QED) is 0.624. The molecule has 0 spiro atoms. The summed E-state index contributed by atoms with van der Waals surface area (Å²) in [6.07, 6.45) is 2.14. The van der Waals surface area contributed by atoms with Crippen molar-refractivity contribution in [2.24, 2.45) is 0 Å². The molecule has 0 unspecified atom stereocenters. The predicted octanol–water partition coefficient (Wildman–Crippen LogP) is 1.84. The van der Waals surface area contributed by atoms with Gasteiger partial charge < -0.3 is 18.9 Å². The van der Waals surface area contributed by atoms with E-state index in [1.54, 1.807) is 6.07 Å². The number of nitrogens with zero attached hydrogens (tertiary/aromatic N) is 1. The van der Waals surface area contributed by atoms with Gasteiger partial charge in [-0.3, -0.25) is 5.32 Å². The van der Waals surface area contributed by atoms with E-state index in [-0.39, 0.29) is 16.6 Å². The molecule has 10 heteroatoms. The number of ether oxygens (including phenoxy) is 1. The fourth-order valence-electron chi connectivity index (χ4n) is 1.89. The maximum Gasteiger partial charge on any atom is 0.413 e. The zero-order chi connectivity index (χ0) is 16.4. The summed E-state index contributed by atoms with van der Waals surface area (Å²) in [6.45, 7) is 0. The van der Waals surface area contributed by atoms with Gasteiger partial charge in [0, 0.05) is 18.5 Å². The lowest BCUT2D eigenvalue weighted by molar-refractivity contribution is 0.186. The average molecular weight is 336 g/mol. The molecule has 3 N–H and O–H groups in total. The molecule has 3 rings (SSSR count). The van der Waals surface area contributed by atoms with Crippen LogP contribution >= 0.6 is 0 Å². The molecular weight excluding hydrogens is 324 g/mol. The Hall–Kier alpha value is -3.01. The first-order chi connectivity index (χ1) is 11.0. The number of methoxy groups -OCH3 is 1. The summed E-state index contributed by atoms with van der Waals surface area (Å²) < 4.78 is 33.6. The number of nitrogens with one attached hydrogen (secondary N) is 3. The van der Waals surface area contributed by atoms with E-state index in [1.165, 1.54) is 37.7 Å². The van der Waals surface area contributed by atoms with Crippen LogP contribution in [0.1, 0.15) is 0 Å². The number of carbonyl (C=O) groups excluding carboxylic acids is 1. The molecule has 0 aliphatic carbocycles. The number of aromatic nitrogens is 3. The average Bonchev–Trinajstić information content (AvgIpc) is 3.15. The van der Waals surface area contributed by atoms with E-state index >= 15 is 0 Å². The molecule has 0 saturated carbocycles. The SMILES string of the molecule is COC(=O)Nc1nc2ccc(OS(=O)(=O)c3cc[nH]c3)cc2[nH]1. The standard InChI is InChI=1S/C13H12N4O5S/c1-21-13(18)17-12-15-10-3-2-8(6-11(10)16-12)22-23(19,20)9-4-5-14-7-9/h2-7,14H,1H3,(H2,15,16,17,18). The van der Waals surface area contributed by atoms with E-state index in [1.807, 2.05) is 0 Å². The fourth-order valence-corrected chi connectivity index (χ4v) is 2.79. The molecule has 9 nitrogen and oxygen atoms in total. The first-order valence-corrected chi connectivity index (χ1v) is 7.81. The highest BCUT2D eigenvalue weighted by molar-refractivity contribution is 7.87. The van der Waals surface area contributed by atoms with Crippen LogP contribution in [0.5, 0.6) is 5.75 Å². The Bertz CT molecular complexity index is 946. The largest absolute Gasteiger partial charge is 0.453 e. The third-order valence-electron chi connectivity index (χ3n) is 2.92. The lowest BCUT2D eigenvalue weighted by Gasteiger charge is -2.04. The van der Waals surface area contributed by atoms with Crippen LogP contribution < -0.4 is 9.50 Å². The van der Waals surface area contributed by atoms with E-state index < -0.39 is 16.2 Å². The minimum Gasteiger partial charge on any atom is -0.453 e. The highest BCUT2D eigenvalue weighted by Crippen LogP contribution is 2.23. The van der Waals surface area contributed by atoms with Crippen molar-refractivity contribution >= 4 is 33.2 Å². The first kappa shape index (κ1) is 14.9. The Kier molecular flexibility index (Phi) is 3.66. The van der Waals surface area contributed by atoms with Gasteiger partial charge >= 0.3 is 16.2 Å². The topological polar surface area (TPSA) is 126 Å². The number of anilines is 1. The predicted molar refractivity (Wildman–Crippen MR) is 80.7 cm³/mol. The van der Waals surface area contributed by atoms with Gasteiger partial charge in [-0.05, 0) is 18.2 Å². The zero-order valence-corrected chi connectivity index (χ0v) is 12.7. The summed E-state index contributed by atoms with van der Waals surface area (Å²) >= 11 is 0. The van der Waals surface area contributed by atoms with Crippen LogP contribution in [0.3, 0.4) is 0 Å². The van der Waals surface area contributed by atoms with Crippen molar-refractivity contribution in [3.8, 4) is 5.75 Å². The van der Waals surface area contributed by atoms with E-state index in [0.717, 1.165) is 0 Å². The lowest BCUT2D eigenvalue weighted by Crippen LogP contribution is -2.11. The second-order valence-electron chi connectivity index (χ2n) is 4.47.